The minimum Gasteiger partial charge on any atom is -0.341 e. The molecule has 0 spiro atoms. The van der Waals surface area contributed by atoms with Gasteiger partial charge < -0.3 is 10.6 Å². The summed E-state index contributed by atoms with van der Waals surface area (Å²) < 4.78 is 0. The van der Waals surface area contributed by atoms with Crippen LogP contribution in [0.25, 0.3) is 0 Å². The molecule has 0 heterocycles. The molecule has 0 saturated carbocycles. The van der Waals surface area contributed by atoms with Crippen LogP contribution >= 0.6 is 0 Å². The number of carbonyl (C=O) groups excluding carboxylic acids is 1. The average molecular weight is 262 g/mol. The lowest BCUT2D eigenvalue weighted by atomic mass is 9.99. The van der Waals surface area contributed by atoms with Crippen molar-refractivity contribution in [3.8, 4) is 0 Å². The quantitative estimate of drug-likeness (QED) is 0.887. The van der Waals surface area contributed by atoms with E-state index in [4.69, 9.17) is 5.73 Å². The van der Waals surface area contributed by atoms with Crippen molar-refractivity contribution in [3.63, 3.8) is 0 Å². The number of benzene rings is 1. The van der Waals surface area contributed by atoms with E-state index in [1.165, 1.54) is 16.7 Å². The second-order valence-corrected chi connectivity index (χ2v) is 6.16. The summed E-state index contributed by atoms with van der Waals surface area (Å²) in [7, 11) is 1.85. The van der Waals surface area contributed by atoms with E-state index >= 15 is 0 Å². The number of nitrogens with two attached hydrogens (primary N) is 1. The SMILES string of the molecule is Cc1ccc(CN(C)C(=O)CCC(C)(C)N)cc1C. The van der Waals surface area contributed by atoms with Gasteiger partial charge in [-0.1, -0.05) is 18.2 Å². The number of hydrogen-bond acceptors (Lipinski definition) is 2. The third kappa shape index (κ3) is 5.43. The zero-order valence-electron chi connectivity index (χ0n) is 12.8. The smallest absolute Gasteiger partial charge is 0.222 e. The van der Waals surface area contributed by atoms with E-state index in [2.05, 4.69) is 32.0 Å². The molecule has 0 aliphatic heterocycles. The molecule has 0 radical (unpaired) electrons. The average Bonchev–Trinajstić information content (AvgIpc) is 2.29. The third-order valence-electron chi connectivity index (χ3n) is 3.40. The first kappa shape index (κ1) is 15.7. The largest absolute Gasteiger partial charge is 0.341 e. The van der Waals surface area contributed by atoms with Crippen LogP contribution in [0.5, 0.6) is 0 Å². The molecular formula is C16H26N2O. The normalized spacial score (nSPS) is 11.5. The van der Waals surface area contributed by atoms with Crippen LogP contribution in [0.2, 0.25) is 0 Å². The molecule has 0 bridgehead atoms. The summed E-state index contributed by atoms with van der Waals surface area (Å²) in [4.78, 5) is 13.8. The Morgan fingerprint density at radius 2 is 1.89 bits per heavy atom. The first-order valence-corrected chi connectivity index (χ1v) is 6.78. The molecule has 0 saturated heterocycles. The zero-order valence-corrected chi connectivity index (χ0v) is 12.8. The fourth-order valence-corrected chi connectivity index (χ4v) is 1.88. The molecule has 0 unspecified atom stereocenters. The van der Waals surface area contributed by atoms with Crippen LogP contribution in [0.15, 0.2) is 18.2 Å². The first-order chi connectivity index (χ1) is 8.69. The van der Waals surface area contributed by atoms with Gasteiger partial charge in [0.25, 0.3) is 0 Å². The van der Waals surface area contributed by atoms with Gasteiger partial charge in [-0.05, 0) is 50.8 Å². The molecule has 0 atom stereocenters. The van der Waals surface area contributed by atoms with Crippen molar-refractivity contribution >= 4 is 5.91 Å². The van der Waals surface area contributed by atoms with Gasteiger partial charge in [-0.15, -0.1) is 0 Å². The lowest BCUT2D eigenvalue weighted by Gasteiger charge is -2.22. The molecule has 0 aromatic heterocycles. The summed E-state index contributed by atoms with van der Waals surface area (Å²) >= 11 is 0. The Morgan fingerprint density at radius 3 is 2.42 bits per heavy atom. The summed E-state index contributed by atoms with van der Waals surface area (Å²) in [6, 6.07) is 6.33. The van der Waals surface area contributed by atoms with E-state index in [9.17, 15) is 4.79 Å². The van der Waals surface area contributed by atoms with Crippen molar-refractivity contribution in [3.05, 3.63) is 34.9 Å². The molecule has 106 valence electrons. The molecule has 1 aromatic rings. The van der Waals surface area contributed by atoms with Gasteiger partial charge in [-0.25, -0.2) is 0 Å². The summed E-state index contributed by atoms with van der Waals surface area (Å²) in [5.41, 5.74) is 9.34. The fraction of sp³-hybridized carbons (Fsp3) is 0.562. The van der Waals surface area contributed by atoms with Crippen LogP contribution in [0.1, 0.15) is 43.4 Å². The maximum Gasteiger partial charge on any atom is 0.222 e. The predicted molar refractivity (Wildman–Crippen MR) is 79.9 cm³/mol. The Morgan fingerprint density at radius 1 is 1.26 bits per heavy atom. The van der Waals surface area contributed by atoms with Gasteiger partial charge in [0.05, 0.1) is 0 Å². The van der Waals surface area contributed by atoms with Crippen LogP contribution in [-0.4, -0.2) is 23.4 Å². The van der Waals surface area contributed by atoms with Crippen LogP contribution in [-0.2, 0) is 11.3 Å². The Kier molecular flexibility index (Phi) is 5.12. The van der Waals surface area contributed by atoms with Gasteiger partial charge in [0, 0.05) is 25.6 Å². The summed E-state index contributed by atoms with van der Waals surface area (Å²) in [5.74, 6) is 0.150. The van der Waals surface area contributed by atoms with Crippen LogP contribution in [0.4, 0.5) is 0 Å². The van der Waals surface area contributed by atoms with Gasteiger partial charge in [-0.3, -0.25) is 4.79 Å². The van der Waals surface area contributed by atoms with Crippen molar-refractivity contribution in [1.82, 2.24) is 4.90 Å². The van der Waals surface area contributed by atoms with E-state index in [1.807, 2.05) is 20.9 Å². The van der Waals surface area contributed by atoms with Crippen molar-refractivity contribution < 1.29 is 4.79 Å². The number of nitrogens with zero attached hydrogens (tertiary/aromatic N) is 1. The van der Waals surface area contributed by atoms with E-state index in [1.54, 1.807) is 4.90 Å². The van der Waals surface area contributed by atoms with Crippen LogP contribution in [0, 0.1) is 13.8 Å². The molecule has 1 aromatic carbocycles. The molecular weight excluding hydrogens is 236 g/mol. The summed E-state index contributed by atoms with van der Waals surface area (Å²) in [6.07, 6.45) is 1.22. The van der Waals surface area contributed by atoms with E-state index in [-0.39, 0.29) is 11.4 Å². The summed E-state index contributed by atoms with van der Waals surface area (Å²) in [6.45, 7) is 8.74. The molecule has 3 nitrogen and oxygen atoms in total. The number of hydrogen-bond donors (Lipinski definition) is 1. The number of aryl methyl sites for hydroxylation is 2. The highest BCUT2D eigenvalue weighted by Crippen LogP contribution is 2.13. The van der Waals surface area contributed by atoms with Crippen LogP contribution in [0.3, 0.4) is 0 Å². The number of rotatable bonds is 5. The molecule has 1 amide bonds. The highest BCUT2D eigenvalue weighted by Gasteiger charge is 2.16. The Hall–Kier alpha value is -1.35. The van der Waals surface area contributed by atoms with E-state index < -0.39 is 0 Å². The predicted octanol–water partition coefficient (Wildman–Crippen LogP) is 2.78. The maximum absolute atomic E-state index is 12.0. The lowest BCUT2D eigenvalue weighted by Crippen LogP contribution is -2.34. The minimum absolute atomic E-state index is 0.150. The van der Waals surface area contributed by atoms with Crippen molar-refractivity contribution in [1.29, 1.82) is 0 Å². The molecule has 2 N–H and O–H groups in total. The van der Waals surface area contributed by atoms with Gasteiger partial charge in [0.15, 0.2) is 0 Å². The van der Waals surface area contributed by atoms with Crippen molar-refractivity contribution in [2.24, 2.45) is 5.73 Å². The second-order valence-electron chi connectivity index (χ2n) is 6.16. The monoisotopic (exact) mass is 262 g/mol. The Bertz CT molecular complexity index is 447. The zero-order chi connectivity index (χ0) is 14.6. The Labute approximate surface area is 116 Å². The minimum atomic E-state index is -0.281. The third-order valence-corrected chi connectivity index (χ3v) is 3.40. The van der Waals surface area contributed by atoms with Crippen molar-refractivity contribution in [2.45, 2.75) is 52.6 Å². The molecule has 3 heteroatoms. The fourth-order valence-electron chi connectivity index (χ4n) is 1.88. The maximum atomic E-state index is 12.0. The molecule has 1 rings (SSSR count). The number of amides is 1. The number of carbonyl (C=O) groups is 1. The summed E-state index contributed by atoms with van der Waals surface area (Å²) in [5, 5.41) is 0. The van der Waals surface area contributed by atoms with Gasteiger partial charge in [0.1, 0.15) is 0 Å². The van der Waals surface area contributed by atoms with Gasteiger partial charge in [-0.2, -0.15) is 0 Å². The second kappa shape index (κ2) is 6.20. The molecule has 0 aliphatic carbocycles. The standard InChI is InChI=1S/C16H26N2O/c1-12-6-7-14(10-13(12)2)11-18(5)15(19)8-9-16(3,4)17/h6-7,10H,8-9,11,17H2,1-5H3. The van der Waals surface area contributed by atoms with E-state index in [0.717, 1.165) is 0 Å². The van der Waals surface area contributed by atoms with Crippen molar-refractivity contribution in [2.75, 3.05) is 7.05 Å². The van der Waals surface area contributed by atoms with Crippen LogP contribution < -0.4 is 5.73 Å². The molecule has 19 heavy (non-hydrogen) atoms. The van der Waals surface area contributed by atoms with E-state index in [0.29, 0.717) is 19.4 Å². The van der Waals surface area contributed by atoms with Gasteiger partial charge >= 0.3 is 0 Å². The topological polar surface area (TPSA) is 46.3 Å². The first-order valence-electron chi connectivity index (χ1n) is 6.78. The van der Waals surface area contributed by atoms with Gasteiger partial charge in [0.2, 0.25) is 5.91 Å². The lowest BCUT2D eigenvalue weighted by molar-refractivity contribution is -0.130. The highest BCUT2D eigenvalue weighted by atomic mass is 16.2. The molecule has 0 fully saturated rings. The molecule has 0 aliphatic rings. The Balaban J connectivity index is 2.56. The highest BCUT2D eigenvalue weighted by molar-refractivity contribution is 5.75.